The lowest BCUT2D eigenvalue weighted by Gasteiger charge is -2.07. The highest BCUT2D eigenvalue weighted by atomic mass is 19.3. The van der Waals surface area contributed by atoms with E-state index in [-0.39, 0.29) is 11.7 Å². The Morgan fingerprint density at radius 3 is 2.31 bits per heavy atom. The van der Waals surface area contributed by atoms with Crippen LogP contribution in [0.15, 0.2) is 54.6 Å². The first kappa shape index (κ1) is 19.6. The highest BCUT2D eigenvalue weighted by molar-refractivity contribution is 5.91. The number of alkyl halides is 2. The van der Waals surface area contributed by atoms with Crippen LogP contribution in [-0.4, -0.2) is 19.1 Å². The Morgan fingerprint density at radius 1 is 1.08 bits per heavy atom. The van der Waals surface area contributed by atoms with Crippen LogP contribution in [0.5, 0.6) is 5.75 Å². The zero-order valence-corrected chi connectivity index (χ0v) is 14.9. The van der Waals surface area contributed by atoms with Gasteiger partial charge in [-0.3, -0.25) is 4.79 Å². The van der Waals surface area contributed by atoms with Crippen molar-refractivity contribution in [1.29, 1.82) is 0 Å². The van der Waals surface area contributed by atoms with Crippen LogP contribution in [0.4, 0.5) is 8.78 Å². The van der Waals surface area contributed by atoms with E-state index in [9.17, 15) is 13.6 Å². The minimum absolute atomic E-state index is 0.0880. The third-order valence-electron chi connectivity index (χ3n) is 3.89. The minimum atomic E-state index is -2.84. The highest BCUT2D eigenvalue weighted by Gasteiger charge is 2.03. The van der Waals surface area contributed by atoms with Gasteiger partial charge < -0.3 is 10.1 Å². The quantitative estimate of drug-likeness (QED) is 0.689. The van der Waals surface area contributed by atoms with Crippen molar-refractivity contribution in [2.45, 2.75) is 32.8 Å². The van der Waals surface area contributed by atoms with E-state index in [1.807, 2.05) is 0 Å². The molecule has 2 rings (SSSR count). The lowest BCUT2D eigenvalue weighted by atomic mass is 10.0. The van der Waals surface area contributed by atoms with Crippen LogP contribution >= 0.6 is 0 Å². The second-order valence-corrected chi connectivity index (χ2v) is 6.22. The van der Waals surface area contributed by atoms with E-state index in [1.54, 1.807) is 18.2 Å². The Morgan fingerprint density at radius 2 is 1.73 bits per heavy atom. The molecule has 0 aromatic heterocycles. The summed E-state index contributed by atoms with van der Waals surface area (Å²) in [5.41, 5.74) is 3.20. The normalized spacial score (nSPS) is 11.3. The molecule has 0 atom stereocenters. The van der Waals surface area contributed by atoms with Gasteiger partial charge in [-0.1, -0.05) is 50.2 Å². The van der Waals surface area contributed by atoms with Crippen LogP contribution in [0.1, 0.15) is 36.5 Å². The molecule has 1 amide bonds. The maximum absolute atomic E-state index is 12.1. The number of rotatable bonds is 8. The molecule has 1 N–H and O–H groups in total. The number of hydrogen-bond donors (Lipinski definition) is 1. The summed E-state index contributed by atoms with van der Waals surface area (Å²) in [4.78, 5) is 11.8. The number of nitrogens with one attached hydrogen (secondary N) is 1. The van der Waals surface area contributed by atoms with Crippen molar-refractivity contribution >= 4 is 12.0 Å². The van der Waals surface area contributed by atoms with E-state index < -0.39 is 6.61 Å². The van der Waals surface area contributed by atoms with Crippen molar-refractivity contribution in [2.75, 3.05) is 6.54 Å². The smallest absolute Gasteiger partial charge is 0.387 e. The second kappa shape index (κ2) is 9.70. The molecule has 0 aliphatic heterocycles. The molecule has 0 aliphatic rings. The molecule has 0 bridgehead atoms. The molecule has 3 nitrogen and oxygen atoms in total. The molecule has 0 fully saturated rings. The first-order valence-corrected chi connectivity index (χ1v) is 8.53. The molecule has 2 aromatic rings. The van der Waals surface area contributed by atoms with Gasteiger partial charge >= 0.3 is 6.61 Å². The molecule has 0 spiro atoms. The number of carbonyl (C=O) groups is 1. The van der Waals surface area contributed by atoms with E-state index in [0.29, 0.717) is 12.5 Å². The first-order chi connectivity index (χ1) is 12.4. The van der Waals surface area contributed by atoms with Gasteiger partial charge in [0.05, 0.1) is 0 Å². The van der Waals surface area contributed by atoms with Crippen molar-refractivity contribution in [2.24, 2.45) is 0 Å². The fourth-order valence-electron chi connectivity index (χ4n) is 2.39. The Bertz CT molecular complexity index is 723. The van der Waals surface area contributed by atoms with Crippen molar-refractivity contribution in [3.8, 4) is 5.75 Å². The fraction of sp³-hybridized carbons (Fsp3) is 0.286. The van der Waals surface area contributed by atoms with Crippen LogP contribution < -0.4 is 10.1 Å². The standard InChI is InChI=1S/C21H23F2NO2/c1-15(2)18-8-3-17(4-9-18)13-14-24-20(25)12-7-16-5-10-19(11-6-16)26-21(22)23/h3-12,15,21H,13-14H2,1-2H3,(H,24,25)/b12-7+. The van der Waals surface area contributed by atoms with Gasteiger partial charge in [-0.15, -0.1) is 0 Å². The van der Waals surface area contributed by atoms with E-state index >= 15 is 0 Å². The number of halogens is 2. The highest BCUT2D eigenvalue weighted by Crippen LogP contribution is 2.16. The van der Waals surface area contributed by atoms with Gasteiger partial charge in [-0.25, -0.2) is 0 Å². The molecule has 0 aliphatic carbocycles. The minimum Gasteiger partial charge on any atom is -0.435 e. The van der Waals surface area contributed by atoms with E-state index in [2.05, 4.69) is 48.2 Å². The van der Waals surface area contributed by atoms with E-state index in [0.717, 1.165) is 12.0 Å². The lowest BCUT2D eigenvalue weighted by Crippen LogP contribution is -2.23. The van der Waals surface area contributed by atoms with Gasteiger partial charge in [0.25, 0.3) is 0 Å². The molecule has 0 radical (unpaired) electrons. The van der Waals surface area contributed by atoms with E-state index in [4.69, 9.17) is 0 Å². The molecule has 0 unspecified atom stereocenters. The van der Waals surface area contributed by atoms with Crippen molar-refractivity contribution < 1.29 is 18.3 Å². The molecule has 0 saturated carbocycles. The van der Waals surface area contributed by atoms with Crippen LogP contribution in [0.25, 0.3) is 6.08 Å². The monoisotopic (exact) mass is 359 g/mol. The van der Waals surface area contributed by atoms with E-state index in [1.165, 1.54) is 29.3 Å². The molecule has 2 aromatic carbocycles. The van der Waals surface area contributed by atoms with Crippen molar-refractivity contribution in [1.82, 2.24) is 5.32 Å². The predicted octanol–water partition coefficient (Wildman–Crippen LogP) is 4.78. The molecule has 0 heterocycles. The van der Waals surface area contributed by atoms with Crippen LogP contribution in [0, 0.1) is 0 Å². The van der Waals surface area contributed by atoms with Gasteiger partial charge in [0.15, 0.2) is 0 Å². The average molecular weight is 359 g/mol. The molecular formula is C21H23F2NO2. The average Bonchev–Trinajstić information content (AvgIpc) is 2.61. The summed E-state index contributed by atoms with van der Waals surface area (Å²) in [7, 11) is 0. The zero-order valence-electron chi connectivity index (χ0n) is 14.9. The van der Waals surface area contributed by atoms with Gasteiger partial charge in [0.2, 0.25) is 5.91 Å². The van der Waals surface area contributed by atoms with Crippen molar-refractivity contribution in [3.63, 3.8) is 0 Å². The summed E-state index contributed by atoms with van der Waals surface area (Å²) in [6.45, 7) is 2.01. The Labute approximate surface area is 152 Å². The number of hydrogen-bond acceptors (Lipinski definition) is 2. The third-order valence-corrected chi connectivity index (χ3v) is 3.89. The fourth-order valence-corrected chi connectivity index (χ4v) is 2.39. The third kappa shape index (κ3) is 6.67. The van der Waals surface area contributed by atoms with Gasteiger partial charge in [0.1, 0.15) is 5.75 Å². The summed E-state index contributed by atoms with van der Waals surface area (Å²) in [6.07, 6.45) is 3.81. The van der Waals surface area contributed by atoms with Gasteiger partial charge in [-0.05, 0) is 47.2 Å². The molecule has 138 valence electrons. The molecule has 0 saturated heterocycles. The molecule has 26 heavy (non-hydrogen) atoms. The largest absolute Gasteiger partial charge is 0.435 e. The zero-order chi connectivity index (χ0) is 18.9. The summed E-state index contributed by atoms with van der Waals surface area (Å²) < 4.78 is 28.4. The lowest BCUT2D eigenvalue weighted by molar-refractivity contribution is -0.116. The Balaban J connectivity index is 1.76. The number of amides is 1. The summed E-state index contributed by atoms with van der Waals surface area (Å²) >= 11 is 0. The van der Waals surface area contributed by atoms with Gasteiger partial charge in [0, 0.05) is 12.6 Å². The Hall–Kier alpha value is -2.69. The first-order valence-electron chi connectivity index (χ1n) is 8.53. The summed E-state index contributed by atoms with van der Waals surface area (Å²) in [5, 5.41) is 2.83. The maximum Gasteiger partial charge on any atom is 0.387 e. The van der Waals surface area contributed by atoms with Crippen LogP contribution in [0.3, 0.4) is 0 Å². The molecular weight excluding hydrogens is 336 g/mol. The van der Waals surface area contributed by atoms with Crippen molar-refractivity contribution in [3.05, 3.63) is 71.3 Å². The SMILES string of the molecule is CC(C)c1ccc(CCNC(=O)/C=C/c2ccc(OC(F)F)cc2)cc1. The summed E-state index contributed by atoms with van der Waals surface area (Å²) in [6, 6.07) is 14.5. The number of ether oxygens (including phenoxy) is 1. The summed E-state index contributed by atoms with van der Waals surface area (Å²) in [5.74, 6) is 0.395. The molecule has 5 heteroatoms. The predicted molar refractivity (Wildman–Crippen MR) is 99.4 cm³/mol. The van der Waals surface area contributed by atoms with Gasteiger partial charge in [-0.2, -0.15) is 8.78 Å². The maximum atomic E-state index is 12.1. The Kier molecular flexibility index (Phi) is 7.33. The number of carbonyl (C=O) groups excluding carboxylic acids is 1. The van der Waals surface area contributed by atoms with Crippen LogP contribution in [-0.2, 0) is 11.2 Å². The van der Waals surface area contributed by atoms with Crippen LogP contribution in [0.2, 0.25) is 0 Å². The number of benzene rings is 2. The second-order valence-electron chi connectivity index (χ2n) is 6.22. The topological polar surface area (TPSA) is 38.3 Å².